The van der Waals surface area contributed by atoms with Crippen molar-refractivity contribution in [3.05, 3.63) is 28.3 Å². The van der Waals surface area contributed by atoms with Gasteiger partial charge in [0.05, 0.1) is 12.1 Å². The highest BCUT2D eigenvalue weighted by Crippen LogP contribution is 2.34. The van der Waals surface area contributed by atoms with Crippen molar-refractivity contribution in [2.75, 3.05) is 13.7 Å². The minimum absolute atomic E-state index is 0.261. The maximum atomic E-state index is 6.21. The van der Waals surface area contributed by atoms with E-state index in [1.54, 1.807) is 7.11 Å². The largest absolute Gasteiger partial charge is 0.495 e. The summed E-state index contributed by atoms with van der Waals surface area (Å²) in [5, 5.41) is 0.686. The van der Waals surface area contributed by atoms with E-state index in [1.165, 1.54) is 0 Å². The predicted octanol–water partition coefficient (Wildman–Crippen LogP) is 2.72. The van der Waals surface area contributed by atoms with Crippen LogP contribution in [0.3, 0.4) is 0 Å². The van der Waals surface area contributed by atoms with Gasteiger partial charge in [0.1, 0.15) is 5.75 Å². The fourth-order valence-electron chi connectivity index (χ4n) is 1.43. The molecule has 78 valence electrons. The number of methoxy groups -OCH3 is 1. The Balaban J connectivity index is 3.21. The van der Waals surface area contributed by atoms with Crippen LogP contribution in [0.4, 0.5) is 0 Å². The third kappa shape index (κ3) is 2.02. The highest BCUT2D eigenvalue weighted by Gasteiger charge is 2.13. The Hall–Kier alpha value is -0.730. The first-order valence-corrected chi connectivity index (χ1v) is 5.02. The van der Waals surface area contributed by atoms with E-state index in [2.05, 4.69) is 6.92 Å². The summed E-state index contributed by atoms with van der Waals surface area (Å²) in [5.41, 5.74) is 7.70. The summed E-state index contributed by atoms with van der Waals surface area (Å²) in [5.74, 6) is 1.02. The highest BCUT2D eigenvalue weighted by molar-refractivity contribution is 6.33. The quantitative estimate of drug-likeness (QED) is 0.838. The Labute approximate surface area is 90.0 Å². The third-order valence-electron chi connectivity index (χ3n) is 2.41. The van der Waals surface area contributed by atoms with Gasteiger partial charge in [-0.15, -0.1) is 0 Å². The summed E-state index contributed by atoms with van der Waals surface area (Å²) in [4.78, 5) is 0. The van der Waals surface area contributed by atoms with Crippen molar-refractivity contribution >= 4 is 11.6 Å². The molecule has 1 atom stereocenters. The van der Waals surface area contributed by atoms with E-state index in [4.69, 9.17) is 22.1 Å². The van der Waals surface area contributed by atoms with E-state index >= 15 is 0 Å². The predicted molar refractivity (Wildman–Crippen MR) is 60.2 cm³/mol. The van der Waals surface area contributed by atoms with E-state index in [0.29, 0.717) is 11.6 Å². The number of rotatable bonds is 3. The average molecular weight is 214 g/mol. The van der Waals surface area contributed by atoms with Gasteiger partial charge in [0.15, 0.2) is 0 Å². The number of ether oxygens (including phenoxy) is 1. The fourth-order valence-corrected chi connectivity index (χ4v) is 1.90. The molecular weight excluding hydrogens is 198 g/mol. The zero-order chi connectivity index (χ0) is 10.7. The SMILES string of the molecule is COc1c(C)ccc(C(C)CN)c1Cl. The normalized spacial score (nSPS) is 12.6. The maximum absolute atomic E-state index is 6.21. The van der Waals surface area contributed by atoms with Gasteiger partial charge >= 0.3 is 0 Å². The number of aryl methyl sites for hydroxylation is 1. The molecule has 0 fully saturated rings. The van der Waals surface area contributed by atoms with Crippen LogP contribution < -0.4 is 10.5 Å². The van der Waals surface area contributed by atoms with E-state index in [1.807, 2.05) is 19.1 Å². The number of hydrogen-bond acceptors (Lipinski definition) is 2. The Morgan fingerprint density at radius 1 is 1.50 bits per heavy atom. The van der Waals surface area contributed by atoms with Crippen LogP contribution in [-0.4, -0.2) is 13.7 Å². The van der Waals surface area contributed by atoms with Gasteiger partial charge in [-0.2, -0.15) is 0 Å². The lowest BCUT2D eigenvalue weighted by Gasteiger charge is -2.15. The maximum Gasteiger partial charge on any atom is 0.140 e. The Bertz CT molecular complexity index is 325. The number of hydrogen-bond donors (Lipinski definition) is 1. The summed E-state index contributed by atoms with van der Waals surface area (Å²) in [6, 6.07) is 4.02. The Morgan fingerprint density at radius 2 is 2.14 bits per heavy atom. The lowest BCUT2D eigenvalue weighted by Crippen LogP contribution is -2.09. The van der Waals surface area contributed by atoms with Gasteiger partial charge in [-0.1, -0.05) is 30.7 Å². The van der Waals surface area contributed by atoms with Crippen LogP contribution in [0.25, 0.3) is 0 Å². The van der Waals surface area contributed by atoms with Crippen molar-refractivity contribution in [3.8, 4) is 5.75 Å². The second-order valence-electron chi connectivity index (χ2n) is 3.46. The smallest absolute Gasteiger partial charge is 0.140 e. The number of halogens is 1. The van der Waals surface area contributed by atoms with Gasteiger partial charge in [-0.05, 0) is 30.5 Å². The first-order valence-electron chi connectivity index (χ1n) is 4.64. The van der Waals surface area contributed by atoms with Crippen LogP contribution in [0.1, 0.15) is 24.0 Å². The van der Waals surface area contributed by atoms with Gasteiger partial charge in [0.2, 0.25) is 0 Å². The fraction of sp³-hybridized carbons (Fsp3) is 0.455. The molecular formula is C11H16ClNO. The van der Waals surface area contributed by atoms with Crippen molar-refractivity contribution in [2.45, 2.75) is 19.8 Å². The average Bonchev–Trinajstić information content (AvgIpc) is 2.18. The minimum Gasteiger partial charge on any atom is -0.495 e. The van der Waals surface area contributed by atoms with Crippen molar-refractivity contribution in [2.24, 2.45) is 5.73 Å². The molecule has 2 N–H and O–H groups in total. The van der Waals surface area contributed by atoms with Crippen LogP contribution >= 0.6 is 11.6 Å². The molecule has 0 aliphatic carbocycles. The van der Waals surface area contributed by atoms with Gasteiger partial charge in [-0.3, -0.25) is 0 Å². The van der Waals surface area contributed by atoms with Crippen LogP contribution in [0, 0.1) is 6.92 Å². The molecule has 0 heterocycles. The molecule has 1 aromatic carbocycles. The van der Waals surface area contributed by atoms with Crippen molar-refractivity contribution < 1.29 is 4.74 Å². The van der Waals surface area contributed by atoms with E-state index in [9.17, 15) is 0 Å². The molecule has 0 amide bonds. The van der Waals surface area contributed by atoms with Crippen LogP contribution in [0.2, 0.25) is 5.02 Å². The van der Waals surface area contributed by atoms with Gasteiger partial charge in [0.25, 0.3) is 0 Å². The molecule has 14 heavy (non-hydrogen) atoms. The third-order valence-corrected chi connectivity index (χ3v) is 2.80. The standard InChI is InChI=1S/C11H16ClNO/c1-7-4-5-9(8(2)6-13)10(12)11(7)14-3/h4-5,8H,6,13H2,1-3H3. The van der Waals surface area contributed by atoms with E-state index in [-0.39, 0.29) is 5.92 Å². The zero-order valence-electron chi connectivity index (χ0n) is 8.80. The van der Waals surface area contributed by atoms with Gasteiger partial charge in [0, 0.05) is 0 Å². The molecule has 0 spiro atoms. The molecule has 0 aromatic heterocycles. The molecule has 0 saturated heterocycles. The molecule has 0 bridgehead atoms. The first-order chi connectivity index (χ1) is 6.61. The molecule has 1 aromatic rings. The molecule has 2 nitrogen and oxygen atoms in total. The summed E-state index contributed by atoms with van der Waals surface area (Å²) < 4.78 is 5.24. The van der Waals surface area contributed by atoms with E-state index in [0.717, 1.165) is 16.9 Å². The molecule has 1 rings (SSSR count). The van der Waals surface area contributed by atoms with Crippen molar-refractivity contribution in [3.63, 3.8) is 0 Å². The second-order valence-corrected chi connectivity index (χ2v) is 3.83. The van der Waals surface area contributed by atoms with Crippen molar-refractivity contribution in [1.29, 1.82) is 0 Å². The number of nitrogens with two attached hydrogens (primary N) is 1. The Kier molecular flexibility index (Phi) is 3.78. The van der Waals surface area contributed by atoms with Gasteiger partial charge in [-0.25, -0.2) is 0 Å². The monoisotopic (exact) mass is 213 g/mol. The molecule has 0 aliphatic rings. The van der Waals surface area contributed by atoms with E-state index < -0.39 is 0 Å². The van der Waals surface area contributed by atoms with Crippen LogP contribution in [-0.2, 0) is 0 Å². The minimum atomic E-state index is 0.261. The summed E-state index contributed by atoms with van der Waals surface area (Å²) >= 11 is 6.21. The molecule has 0 saturated carbocycles. The lowest BCUT2D eigenvalue weighted by molar-refractivity contribution is 0.411. The van der Waals surface area contributed by atoms with Crippen LogP contribution in [0.15, 0.2) is 12.1 Å². The highest BCUT2D eigenvalue weighted by atomic mass is 35.5. The first kappa shape index (κ1) is 11.3. The summed E-state index contributed by atoms with van der Waals surface area (Å²) in [6.45, 7) is 4.61. The Morgan fingerprint density at radius 3 is 2.64 bits per heavy atom. The molecule has 0 radical (unpaired) electrons. The number of benzene rings is 1. The topological polar surface area (TPSA) is 35.2 Å². The molecule has 3 heteroatoms. The second kappa shape index (κ2) is 4.67. The van der Waals surface area contributed by atoms with Gasteiger partial charge < -0.3 is 10.5 Å². The van der Waals surface area contributed by atoms with Crippen molar-refractivity contribution in [1.82, 2.24) is 0 Å². The lowest BCUT2D eigenvalue weighted by atomic mass is 9.99. The van der Waals surface area contributed by atoms with Crippen LogP contribution in [0.5, 0.6) is 5.75 Å². The zero-order valence-corrected chi connectivity index (χ0v) is 9.56. The summed E-state index contributed by atoms with van der Waals surface area (Å²) in [7, 11) is 1.63. The molecule has 1 unspecified atom stereocenters. The summed E-state index contributed by atoms with van der Waals surface area (Å²) in [6.07, 6.45) is 0. The molecule has 0 aliphatic heterocycles.